The molecule has 0 N–H and O–H groups in total. The highest BCUT2D eigenvalue weighted by atomic mass is 16.5. The number of likely N-dealkylation sites (N-methyl/N-ethyl adjacent to an activating group) is 2. The van der Waals surface area contributed by atoms with Gasteiger partial charge in [-0.1, -0.05) is 30.3 Å². The van der Waals surface area contributed by atoms with E-state index in [1.165, 1.54) is 14.1 Å². The average Bonchev–Trinajstić information content (AvgIpc) is 3.07. The van der Waals surface area contributed by atoms with Gasteiger partial charge in [0.05, 0.1) is 6.54 Å². The Morgan fingerprint density at radius 3 is 2.27 bits per heavy atom. The van der Waals surface area contributed by atoms with E-state index >= 15 is 0 Å². The third kappa shape index (κ3) is 3.91. The average molecular weight is 446 g/mol. The van der Waals surface area contributed by atoms with Crippen molar-refractivity contribution in [2.45, 2.75) is 27.3 Å². The summed E-state index contributed by atoms with van der Waals surface area (Å²) in [7, 11) is 2.75. The minimum Gasteiger partial charge on any atom is -0.491 e. The summed E-state index contributed by atoms with van der Waals surface area (Å²) < 4.78 is 8.19. The SMILES string of the molecule is Cc1ccc(C)c(OCCn2c(C)c(C=C3C(=O)N(C)C(=O)N(C)C3=O)c3ccccc32)c1. The minimum absolute atomic E-state index is 0.0303. The molecular weight excluding hydrogens is 418 g/mol. The van der Waals surface area contributed by atoms with E-state index in [9.17, 15) is 14.4 Å². The number of benzene rings is 2. The summed E-state index contributed by atoms with van der Waals surface area (Å²) >= 11 is 0. The number of rotatable bonds is 5. The second kappa shape index (κ2) is 8.58. The van der Waals surface area contributed by atoms with Crippen molar-refractivity contribution < 1.29 is 19.1 Å². The van der Waals surface area contributed by atoms with Crippen LogP contribution in [-0.4, -0.2) is 52.9 Å². The molecule has 7 heteroatoms. The lowest BCUT2D eigenvalue weighted by atomic mass is 10.0. The predicted molar refractivity (Wildman–Crippen MR) is 127 cm³/mol. The molecule has 0 saturated carbocycles. The van der Waals surface area contributed by atoms with Gasteiger partial charge in [-0.15, -0.1) is 0 Å². The third-order valence-corrected chi connectivity index (χ3v) is 6.13. The molecule has 0 spiro atoms. The van der Waals surface area contributed by atoms with Crippen molar-refractivity contribution in [3.8, 4) is 5.75 Å². The van der Waals surface area contributed by atoms with Crippen LogP contribution in [0.2, 0.25) is 0 Å². The zero-order chi connectivity index (χ0) is 23.9. The van der Waals surface area contributed by atoms with Crippen LogP contribution < -0.4 is 4.74 Å². The molecule has 0 bridgehead atoms. The number of fused-ring (bicyclic) bond motifs is 1. The Morgan fingerprint density at radius 1 is 0.909 bits per heavy atom. The van der Waals surface area contributed by atoms with E-state index in [0.29, 0.717) is 13.2 Å². The molecule has 33 heavy (non-hydrogen) atoms. The number of urea groups is 1. The Kier molecular flexibility index (Phi) is 5.80. The van der Waals surface area contributed by atoms with Crippen LogP contribution in [0.5, 0.6) is 5.75 Å². The first kappa shape index (κ1) is 22.3. The van der Waals surface area contributed by atoms with E-state index in [0.717, 1.165) is 48.8 Å². The molecule has 3 aromatic rings. The maximum Gasteiger partial charge on any atom is 0.333 e. The van der Waals surface area contributed by atoms with Crippen molar-refractivity contribution >= 4 is 34.8 Å². The fraction of sp³-hybridized carbons (Fsp3) is 0.269. The van der Waals surface area contributed by atoms with Gasteiger partial charge in [-0.3, -0.25) is 19.4 Å². The van der Waals surface area contributed by atoms with Gasteiger partial charge in [-0.25, -0.2) is 4.79 Å². The van der Waals surface area contributed by atoms with Gasteiger partial charge in [0.25, 0.3) is 11.8 Å². The van der Waals surface area contributed by atoms with E-state index in [2.05, 4.69) is 10.6 Å². The molecule has 4 rings (SSSR count). The second-order valence-electron chi connectivity index (χ2n) is 8.35. The van der Waals surface area contributed by atoms with Crippen LogP contribution >= 0.6 is 0 Å². The Bertz CT molecular complexity index is 1290. The Labute approximate surface area is 192 Å². The Balaban J connectivity index is 1.70. The Morgan fingerprint density at radius 2 is 1.58 bits per heavy atom. The molecule has 2 heterocycles. The number of nitrogens with zero attached hydrogens (tertiary/aromatic N) is 3. The molecule has 0 atom stereocenters. The van der Waals surface area contributed by atoms with E-state index in [1.54, 1.807) is 6.08 Å². The zero-order valence-electron chi connectivity index (χ0n) is 19.5. The van der Waals surface area contributed by atoms with Gasteiger partial charge in [0.1, 0.15) is 17.9 Å². The van der Waals surface area contributed by atoms with Crippen LogP contribution in [0.15, 0.2) is 48.0 Å². The summed E-state index contributed by atoms with van der Waals surface area (Å²) in [5.74, 6) is -0.337. The van der Waals surface area contributed by atoms with Gasteiger partial charge in [0.15, 0.2) is 0 Å². The summed E-state index contributed by atoms with van der Waals surface area (Å²) in [5, 5.41) is 0.928. The van der Waals surface area contributed by atoms with E-state index in [4.69, 9.17) is 4.74 Å². The number of amides is 4. The largest absolute Gasteiger partial charge is 0.491 e. The number of barbiturate groups is 1. The van der Waals surface area contributed by atoms with Crippen molar-refractivity contribution in [3.63, 3.8) is 0 Å². The molecule has 2 aromatic carbocycles. The summed E-state index contributed by atoms with van der Waals surface area (Å²) in [5.41, 5.74) is 4.87. The van der Waals surface area contributed by atoms with Gasteiger partial charge in [0, 0.05) is 36.3 Å². The van der Waals surface area contributed by atoms with Gasteiger partial charge < -0.3 is 9.30 Å². The number of aryl methyl sites for hydroxylation is 2. The Hall–Kier alpha value is -3.87. The first-order chi connectivity index (χ1) is 15.7. The zero-order valence-corrected chi connectivity index (χ0v) is 19.5. The van der Waals surface area contributed by atoms with Crippen LogP contribution in [0, 0.1) is 20.8 Å². The summed E-state index contributed by atoms with van der Waals surface area (Å²) in [4.78, 5) is 39.4. The number of hydrogen-bond donors (Lipinski definition) is 0. The highest BCUT2D eigenvalue weighted by Crippen LogP contribution is 2.29. The number of carbonyl (C=O) groups is 3. The van der Waals surface area contributed by atoms with Crippen LogP contribution in [0.1, 0.15) is 22.4 Å². The van der Waals surface area contributed by atoms with E-state index in [-0.39, 0.29) is 5.57 Å². The first-order valence-corrected chi connectivity index (χ1v) is 10.8. The summed E-state index contributed by atoms with van der Waals surface area (Å²) in [6, 6.07) is 13.3. The standard InChI is InChI=1S/C26H27N3O4/c1-16-10-11-17(2)23(14-16)33-13-12-29-18(3)20(19-8-6-7-9-22(19)29)15-21-24(30)27(4)26(32)28(5)25(21)31/h6-11,14-15H,12-13H2,1-5H3. The molecule has 1 aliphatic rings. The fourth-order valence-electron chi connectivity index (χ4n) is 4.16. The van der Waals surface area contributed by atoms with E-state index in [1.807, 2.05) is 57.2 Å². The number of para-hydroxylation sites is 1. The molecule has 0 unspecified atom stereocenters. The topological polar surface area (TPSA) is 71.8 Å². The van der Waals surface area contributed by atoms with Crippen LogP contribution in [0.4, 0.5) is 4.79 Å². The van der Waals surface area contributed by atoms with E-state index < -0.39 is 17.8 Å². The lowest BCUT2D eigenvalue weighted by Crippen LogP contribution is -2.52. The molecule has 0 radical (unpaired) electrons. The van der Waals surface area contributed by atoms with Crippen LogP contribution in [-0.2, 0) is 16.1 Å². The van der Waals surface area contributed by atoms with Gasteiger partial charge in [-0.05, 0) is 50.1 Å². The molecule has 1 saturated heterocycles. The molecular formula is C26H27N3O4. The summed E-state index contributed by atoms with van der Waals surface area (Å²) in [6.45, 7) is 7.08. The fourth-order valence-corrected chi connectivity index (χ4v) is 4.16. The quantitative estimate of drug-likeness (QED) is 0.438. The highest BCUT2D eigenvalue weighted by Gasteiger charge is 2.38. The van der Waals surface area contributed by atoms with Crippen LogP contribution in [0.3, 0.4) is 0 Å². The van der Waals surface area contributed by atoms with Crippen LogP contribution in [0.25, 0.3) is 17.0 Å². The monoisotopic (exact) mass is 445 g/mol. The van der Waals surface area contributed by atoms with Crippen molar-refractivity contribution in [2.24, 2.45) is 0 Å². The number of hydrogen-bond acceptors (Lipinski definition) is 4. The second-order valence-corrected chi connectivity index (χ2v) is 8.35. The molecule has 1 fully saturated rings. The number of imide groups is 2. The number of aromatic nitrogens is 1. The van der Waals surface area contributed by atoms with Crippen molar-refractivity contribution in [1.82, 2.24) is 14.4 Å². The van der Waals surface area contributed by atoms with Gasteiger partial charge >= 0.3 is 6.03 Å². The molecule has 4 amide bonds. The normalized spacial score (nSPS) is 14.5. The van der Waals surface area contributed by atoms with Crippen molar-refractivity contribution in [1.29, 1.82) is 0 Å². The lowest BCUT2D eigenvalue weighted by molar-refractivity contribution is -0.134. The maximum absolute atomic E-state index is 12.7. The summed E-state index contributed by atoms with van der Waals surface area (Å²) in [6.07, 6.45) is 1.60. The first-order valence-electron chi connectivity index (χ1n) is 10.8. The van der Waals surface area contributed by atoms with Crippen molar-refractivity contribution in [3.05, 3.63) is 70.4 Å². The maximum atomic E-state index is 12.7. The highest BCUT2D eigenvalue weighted by molar-refractivity contribution is 6.31. The number of ether oxygens (including phenoxy) is 1. The van der Waals surface area contributed by atoms with Gasteiger partial charge in [0.2, 0.25) is 0 Å². The molecule has 7 nitrogen and oxygen atoms in total. The molecule has 1 aromatic heterocycles. The molecule has 0 aliphatic carbocycles. The minimum atomic E-state index is -0.634. The number of carbonyl (C=O) groups excluding carboxylic acids is 3. The predicted octanol–water partition coefficient (Wildman–Crippen LogP) is 4.08. The lowest BCUT2D eigenvalue weighted by Gasteiger charge is -2.28. The van der Waals surface area contributed by atoms with Gasteiger partial charge in [-0.2, -0.15) is 0 Å². The van der Waals surface area contributed by atoms with Crippen molar-refractivity contribution in [2.75, 3.05) is 20.7 Å². The molecule has 1 aliphatic heterocycles. The molecule has 170 valence electrons. The third-order valence-electron chi connectivity index (χ3n) is 6.13. The smallest absolute Gasteiger partial charge is 0.333 e.